The predicted molar refractivity (Wildman–Crippen MR) is 84.2 cm³/mol. The van der Waals surface area contributed by atoms with Gasteiger partial charge in [-0.15, -0.1) is 0 Å². The third-order valence-corrected chi connectivity index (χ3v) is 6.21. The van der Waals surface area contributed by atoms with Crippen molar-refractivity contribution in [1.82, 2.24) is 19.3 Å². The van der Waals surface area contributed by atoms with Crippen molar-refractivity contribution in [1.29, 1.82) is 0 Å². The molecule has 0 amide bonds. The van der Waals surface area contributed by atoms with Gasteiger partial charge in [0.15, 0.2) is 5.76 Å². The van der Waals surface area contributed by atoms with Gasteiger partial charge in [-0.3, -0.25) is 9.88 Å². The second kappa shape index (κ2) is 6.58. The maximum atomic E-state index is 13.2. The SMILES string of the molecule is Cc1noc(C)c1S(=O)(=O)N1CCN(Cc2cncc(F)c2)CC1. The molecule has 9 heteroatoms. The normalized spacial score (nSPS) is 17.3. The van der Waals surface area contributed by atoms with Gasteiger partial charge in [0.1, 0.15) is 16.4 Å². The molecule has 1 aliphatic rings. The summed E-state index contributed by atoms with van der Waals surface area (Å²) in [6, 6.07) is 1.44. The van der Waals surface area contributed by atoms with E-state index in [9.17, 15) is 12.8 Å². The third-order valence-electron chi connectivity index (χ3n) is 4.06. The molecule has 0 atom stereocenters. The van der Waals surface area contributed by atoms with Gasteiger partial charge in [0.2, 0.25) is 10.0 Å². The van der Waals surface area contributed by atoms with Crippen LogP contribution >= 0.6 is 0 Å². The Bertz CT molecular complexity index is 809. The van der Waals surface area contributed by atoms with Gasteiger partial charge < -0.3 is 4.52 Å². The van der Waals surface area contributed by atoms with Crippen LogP contribution in [0.1, 0.15) is 17.0 Å². The van der Waals surface area contributed by atoms with Crippen LogP contribution in [-0.2, 0) is 16.6 Å². The average Bonchev–Trinajstić information content (AvgIpc) is 2.87. The van der Waals surface area contributed by atoms with Gasteiger partial charge in [-0.25, -0.2) is 12.8 Å². The summed E-state index contributed by atoms with van der Waals surface area (Å²) in [4.78, 5) is 6.07. The van der Waals surface area contributed by atoms with Crippen LogP contribution in [0.25, 0.3) is 0 Å². The summed E-state index contributed by atoms with van der Waals surface area (Å²) in [7, 11) is -3.60. The van der Waals surface area contributed by atoms with Crippen molar-refractivity contribution in [2.75, 3.05) is 26.2 Å². The van der Waals surface area contributed by atoms with Crippen LogP contribution in [0.3, 0.4) is 0 Å². The quantitative estimate of drug-likeness (QED) is 0.824. The molecule has 0 bridgehead atoms. The van der Waals surface area contributed by atoms with Crippen LogP contribution < -0.4 is 0 Å². The number of aromatic nitrogens is 2. The molecule has 2 aromatic heterocycles. The molecule has 3 rings (SSSR count). The molecule has 0 aliphatic carbocycles. The first-order valence-electron chi connectivity index (χ1n) is 7.63. The highest BCUT2D eigenvalue weighted by Gasteiger charge is 2.33. The molecule has 1 fully saturated rings. The maximum Gasteiger partial charge on any atom is 0.248 e. The highest BCUT2D eigenvalue weighted by atomic mass is 32.2. The number of halogens is 1. The summed E-state index contributed by atoms with van der Waals surface area (Å²) >= 11 is 0. The smallest absolute Gasteiger partial charge is 0.248 e. The van der Waals surface area contributed by atoms with Crippen molar-refractivity contribution in [3.8, 4) is 0 Å². The minimum Gasteiger partial charge on any atom is -0.360 e. The van der Waals surface area contributed by atoms with E-state index in [1.165, 1.54) is 10.4 Å². The van der Waals surface area contributed by atoms with Crippen molar-refractivity contribution in [3.05, 3.63) is 41.3 Å². The van der Waals surface area contributed by atoms with Gasteiger partial charge >= 0.3 is 0 Å². The third kappa shape index (κ3) is 3.33. The molecule has 0 spiro atoms. The highest BCUT2D eigenvalue weighted by Crippen LogP contribution is 2.24. The first-order chi connectivity index (χ1) is 11.4. The van der Waals surface area contributed by atoms with Crippen molar-refractivity contribution in [3.63, 3.8) is 0 Å². The Hall–Kier alpha value is -1.84. The largest absolute Gasteiger partial charge is 0.360 e. The lowest BCUT2D eigenvalue weighted by Gasteiger charge is -2.33. The van der Waals surface area contributed by atoms with Crippen molar-refractivity contribution in [2.45, 2.75) is 25.3 Å². The molecule has 130 valence electrons. The number of nitrogens with zero attached hydrogens (tertiary/aromatic N) is 4. The van der Waals surface area contributed by atoms with Gasteiger partial charge in [-0.05, 0) is 25.5 Å². The molecule has 2 aromatic rings. The van der Waals surface area contributed by atoms with Crippen LogP contribution in [0.2, 0.25) is 0 Å². The van der Waals surface area contributed by atoms with Gasteiger partial charge in [-0.2, -0.15) is 4.31 Å². The fraction of sp³-hybridized carbons (Fsp3) is 0.467. The number of pyridine rings is 1. The Kier molecular flexibility index (Phi) is 4.66. The van der Waals surface area contributed by atoms with Gasteiger partial charge in [0.05, 0.1) is 6.20 Å². The zero-order valence-corrected chi connectivity index (χ0v) is 14.4. The molecule has 7 nitrogen and oxygen atoms in total. The van der Waals surface area contributed by atoms with E-state index in [0.717, 1.165) is 11.8 Å². The lowest BCUT2D eigenvalue weighted by molar-refractivity contribution is 0.181. The number of hydrogen-bond donors (Lipinski definition) is 0. The molecular formula is C15H19FN4O3S. The summed E-state index contributed by atoms with van der Waals surface area (Å²) in [6.45, 7) is 5.64. The van der Waals surface area contributed by atoms with Crippen LogP contribution in [-0.4, -0.2) is 53.9 Å². The minimum absolute atomic E-state index is 0.158. The lowest BCUT2D eigenvalue weighted by atomic mass is 10.2. The summed E-state index contributed by atoms with van der Waals surface area (Å²) in [6.07, 6.45) is 2.79. The maximum absolute atomic E-state index is 13.2. The second-order valence-electron chi connectivity index (χ2n) is 5.84. The zero-order chi connectivity index (χ0) is 17.3. The topological polar surface area (TPSA) is 79.5 Å². The molecule has 1 saturated heterocycles. The first-order valence-corrected chi connectivity index (χ1v) is 9.07. The molecule has 3 heterocycles. The number of rotatable bonds is 4. The molecule has 0 aromatic carbocycles. The Morgan fingerprint density at radius 3 is 2.50 bits per heavy atom. The monoisotopic (exact) mass is 354 g/mol. The van der Waals surface area contributed by atoms with E-state index in [1.54, 1.807) is 20.0 Å². The van der Waals surface area contributed by atoms with Gasteiger partial charge in [-0.1, -0.05) is 5.16 Å². The van der Waals surface area contributed by atoms with Crippen molar-refractivity contribution >= 4 is 10.0 Å². The summed E-state index contributed by atoms with van der Waals surface area (Å²) in [5, 5.41) is 3.72. The van der Waals surface area contributed by atoms with Crippen molar-refractivity contribution in [2.24, 2.45) is 0 Å². The molecule has 1 aliphatic heterocycles. The Morgan fingerprint density at radius 1 is 1.21 bits per heavy atom. The number of sulfonamides is 1. The van der Waals surface area contributed by atoms with E-state index in [-0.39, 0.29) is 10.7 Å². The van der Waals surface area contributed by atoms with Crippen molar-refractivity contribution < 1.29 is 17.3 Å². The second-order valence-corrected chi connectivity index (χ2v) is 7.72. The van der Waals surface area contributed by atoms with E-state index in [2.05, 4.69) is 15.0 Å². The van der Waals surface area contributed by atoms with E-state index in [0.29, 0.717) is 44.2 Å². The molecule has 0 N–H and O–H groups in total. The molecule has 24 heavy (non-hydrogen) atoms. The molecule has 0 saturated carbocycles. The molecule has 0 unspecified atom stereocenters. The summed E-state index contributed by atoms with van der Waals surface area (Å²) < 4.78 is 45.1. The van der Waals surface area contributed by atoms with Crippen LogP contribution in [0.4, 0.5) is 4.39 Å². The highest BCUT2D eigenvalue weighted by molar-refractivity contribution is 7.89. The fourth-order valence-electron chi connectivity index (χ4n) is 2.90. The molecular weight excluding hydrogens is 335 g/mol. The zero-order valence-electron chi connectivity index (χ0n) is 13.6. The van der Waals surface area contributed by atoms with Crippen LogP contribution in [0, 0.1) is 19.7 Å². The minimum atomic E-state index is -3.60. The Labute approximate surface area is 140 Å². The summed E-state index contributed by atoms with van der Waals surface area (Å²) in [5.74, 6) is -0.0621. The fourth-order valence-corrected chi connectivity index (χ4v) is 4.61. The van der Waals surface area contributed by atoms with Gasteiger partial charge in [0, 0.05) is 38.9 Å². The lowest BCUT2D eigenvalue weighted by Crippen LogP contribution is -2.48. The summed E-state index contributed by atoms with van der Waals surface area (Å²) in [5.41, 5.74) is 1.15. The Balaban J connectivity index is 1.67. The van der Waals surface area contributed by atoms with Crippen LogP contribution in [0.15, 0.2) is 27.9 Å². The van der Waals surface area contributed by atoms with E-state index in [1.807, 2.05) is 0 Å². The number of aryl methyl sites for hydroxylation is 2. The molecule has 0 radical (unpaired) electrons. The van der Waals surface area contributed by atoms with Crippen LogP contribution in [0.5, 0.6) is 0 Å². The first kappa shape index (κ1) is 17.0. The number of hydrogen-bond acceptors (Lipinski definition) is 6. The Morgan fingerprint density at radius 2 is 1.92 bits per heavy atom. The number of piperazine rings is 1. The standard InChI is InChI=1S/C15H19FN4O3S/c1-11-15(12(2)23-18-11)24(21,22)20-5-3-19(4-6-20)10-13-7-14(16)9-17-8-13/h7-9H,3-6,10H2,1-2H3. The van der Waals surface area contributed by atoms with E-state index >= 15 is 0 Å². The predicted octanol–water partition coefficient (Wildman–Crippen LogP) is 1.33. The van der Waals surface area contributed by atoms with Gasteiger partial charge in [0.25, 0.3) is 0 Å². The average molecular weight is 354 g/mol. The van der Waals surface area contributed by atoms with E-state index in [4.69, 9.17) is 4.52 Å². The van der Waals surface area contributed by atoms with E-state index < -0.39 is 10.0 Å².